The van der Waals surface area contributed by atoms with Crippen LogP contribution in [-0.2, 0) is 4.74 Å². The minimum atomic E-state index is -0.419. The van der Waals surface area contributed by atoms with Crippen LogP contribution < -0.4 is 0 Å². The zero-order valence-electron chi connectivity index (χ0n) is 12.1. The number of hydrogen-bond donors (Lipinski definition) is 1. The molecular weight excluding hydrogens is 318 g/mol. The van der Waals surface area contributed by atoms with Gasteiger partial charge in [-0.3, -0.25) is 0 Å². The number of carbonyl (C=O) groups is 1. The van der Waals surface area contributed by atoms with E-state index in [2.05, 4.69) is 5.16 Å². The number of nitrogens with zero attached hydrogens (tertiary/aromatic N) is 1. The van der Waals surface area contributed by atoms with Crippen molar-refractivity contribution >= 4 is 17.6 Å². The topological polar surface area (TPSA) is 72.6 Å². The van der Waals surface area contributed by atoms with Gasteiger partial charge in [-0.2, -0.15) is 0 Å². The Kier molecular flexibility index (Phi) is 4.04. The lowest BCUT2D eigenvalue weighted by atomic mass is 10.1. The molecule has 0 bridgehead atoms. The number of hydrogen-bond acceptors (Lipinski definition) is 5. The highest BCUT2D eigenvalue weighted by molar-refractivity contribution is 6.33. The summed E-state index contributed by atoms with van der Waals surface area (Å²) in [5.41, 5.74) is 2.33. The summed E-state index contributed by atoms with van der Waals surface area (Å²) in [6.07, 6.45) is 0. The molecule has 23 heavy (non-hydrogen) atoms. The molecule has 0 fully saturated rings. The van der Waals surface area contributed by atoms with Gasteiger partial charge in [-0.15, -0.1) is 0 Å². The van der Waals surface area contributed by atoms with Crippen molar-refractivity contribution < 1.29 is 19.2 Å². The SMILES string of the molecule is COC(=O)c1cccc(-c2cc(-c3ccc(O)cc3Cl)on2)c1. The maximum atomic E-state index is 11.6. The second-order valence-corrected chi connectivity index (χ2v) is 5.22. The van der Waals surface area contributed by atoms with E-state index in [1.807, 2.05) is 6.07 Å². The monoisotopic (exact) mass is 329 g/mol. The molecule has 1 N–H and O–H groups in total. The number of ether oxygens (including phenoxy) is 1. The van der Waals surface area contributed by atoms with Crippen LogP contribution in [0.5, 0.6) is 5.75 Å². The van der Waals surface area contributed by atoms with Gasteiger partial charge >= 0.3 is 5.97 Å². The number of methoxy groups -OCH3 is 1. The van der Waals surface area contributed by atoms with E-state index in [1.54, 1.807) is 30.3 Å². The molecule has 0 aliphatic carbocycles. The van der Waals surface area contributed by atoms with E-state index in [0.717, 1.165) is 5.56 Å². The molecule has 0 aliphatic heterocycles. The van der Waals surface area contributed by atoms with Crippen molar-refractivity contribution in [2.24, 2.45) is 0 Å². The second kappa shape index (κ2) is 6.14. The molecular formula is C17H12ClNO4. The predicted molar refractivity (Wildman–Crippen MR) is 85.4 cm³/mol. The highest BCUT2D eigenvalue weighted by atomic mass is 35.5. The quantitative estimate of drug-likeness (QED) is 0.731. The van der Waals surface area contributed by atoms with E-state index in [4.69, 9.17) is 20.9 Å². The minimum Gasteiger partial charge on any atom is -0.508 e. The molecule has 1 heterocycles. The first-order valence-corrected chi connectivity index (χ1v) is 7.10. The molecule has 0 radical (unpaired) electrons. The number of carbonyl (C=O) groups excluding carboxylic acids is 1. The van der Waals surface area contributed by atoms with Crippen molar-refractivity contribution in [1.82, 2.24) is 5.16 Å². The van der Waals surface area contributed by atoms with Crippen molar-refractivity contribution in [3.63, 3.8) is 0 Å². The van der Waals surface area contributed by atoms with Crippen molar-refractivity contribution in [1.29, 1.82) is 0 Å². The molecule has 0 spiro atoms. The van der Waals surface area contributed by atoms with Gasteiger partial charge in [0.2, 0.25) is 0 Å². The summed E-state index contributed by atoms with van der Waals surface area (Å²) in [4.78, 5) is 11.6. The van der Waals surface area contributed by atoms with Gasteiger partial charge in [0, 0.05) is 17.2 Å². The summed E-state index contributed by atoms with van der Waals surface area (Å²) in [5.74, 6) is 0.120. The maximum Gasteiger partial charge on any atom is 0.337 e. The van der Waals surface area contributed by atoms with Crippen LogP contribution in [0.3, 0.4) is 0 Å². The number of benzene rings is 2. The molecule has 2 aromatic carbocycles. The first kappa shape index (κ1) is 15.1. The van der Waals surface area contributed by atoms with Crippen molar-refractivity contribution in [2.45, 2.75) is 0 Å². The fourth-order valence-electron chi connectivity index (χ4n) is 2.17. The number of esters is 1. The zero-order chi connectivity index (χ0) is 16.4. The molecule has 0 atom stereocenters. The van der Waals surface area contributed by atoms with Crippen LogP contribution in [0.25, 0.3) is 22.6 Å². The van der Waals surface area contributed by atoms with Gasteiger partial charge in [0.25, 0.3) is 0 Å². The third kappa shape index (κ3) is 3.05. The number of phenols is 1. The lowest BCUT2D eigenvalue weighted by molar-refractivity contribution is 0.0601. The Hall–Kier alpha value is -2.79. The molecule has 6 heteroatoms. The Labute approximate surface area is 137 Å². The Morgan fingerprint density at radius 3 is 2.78 bits per heavy atom. The van der Waals surface area contributed by atoms with Crippen molar-refractivity contribution in [3.8, 4) is 28.3 Å². The fraction of sp³-hybridized carbons (Fsp3) is 0.0588. The van der Waals surface area contributed by atoms with Crippen LogP contribution in [0.1, 0.15) is 10.4 Å². The van der Waals surface area contributed by atoms with Crippen LogP contribution in [0.15, 0.2) is 53.1 Å². The number of aromatic nitrogens is 1. The van der Waals surface area contributed by atoms with Gasteiger partial charge in [-0.1, -0.05) is 28.9 Å². The lowest BCUT2D eigenvalue weighted by Gasteiger charge is -2.01. The van der Waals surface area contributed by atoms with Gasteiger partial charge in [-0.05, 0) is 30.3 Å². The van der Waals surface area contributed by atoms with Gasteiger partial charge in [0.05, 0.1) is 17.7 Å². The van der Waals surface area contributed by atoms with Gasteiger partial charge in [0.1, 0.15) is 11.4 Å². The van der Waals surface area contributed by atoms with E-state index >= 15 is 0 Å². The third-order valence-electron chi connectivity index (χ3n) is 3.31. The van der Waals surface area contributed by atoms with E-state index in [1.165, 1.54) is 19.2 Å². The van der Waals surface area contributed by atoms with Crippen LogP contribution >= 0.6 is 11.6 Å². The molecule has 3 aromatic rings. The molecule has 0 saturated heterocycles. The first-order valence-electron chi connectivity index (χ1n) is 6.73. The maximum absolute atomic E-state index is 11.6. The normalized spacial score (nSPS) is 10.5. The summed E-state index contributed by atoms with van der Waals surface area (Å²) in [5, 5.41) is 13.8. The van der Waals surface area contributed by atoms with E-state index in [0.29, 0.717) is 27.6 Å². The van der Waals surface area contributed by atoms with E-state index in [9.17, 15) is 9.90 Å². The summed E-state index contributed by atoms with van der Waals surface area (Å²) in [6, 6.07) is 13.2. The third-order valence-corrected chi connectivity index (χ3v) is 3.62. The summed E-state index contributed by atoms with van der Waals surface area (Å²) < 4.78 is 10.0. The Morgan fingerprint density at radius 1 is 1.22 bits per heavy atom. The largest absolute Gasteiger partial charge is 0.508 e. The Bertz CT molecular complexity index is 873. The van der Waals surface area contributed by atoms with Crippen LogP contribution in [0.4, 0.5) is 0 Å². The van der Waals surface area contributed by atoms with E-state index in [-0.39, 0.29) is 5.75 Å². The fourth-order valence-corrected chi connectivity index (χ4v) is 2.43. The second-order valence-electron chi connectivity index (χ2n) is 4.81. The smallest absolute Gasteiger partial charge is 0.337 e. The van der Waals surface area contributed by atoms with Gasteiger partial charge < -0.3 is 14.4 Å². The predicted octanol–water partition coefficient (Wildman–Crippen LogP) is 4.15. The van der Waals surface area contributed by atoms with Gasteiger partial charge in [0.15, 0.2) is 5.76 Å². The van der Waals surface area contributed by atoms with Crippen molar-refractivity contribution in [2.75, 3.05) is 7.11 Å². The molecule has 0 amide bonds. The van der Waals surface area contributed by atoms with Crippen LogP contribution in [0, 0.1) is 0 Å². The molecule has 0 unspecified atom stereocenters. The lowest BCUT2D eigenvalue weighted by Crippen LogP contribution is -2.00. The van der Waals surface area contributed by atoms with Crippen LogP contribution in [0.2, 0.25) is 5.02 Å². The zero-order valence-corrected chi connectivity index (χ0v) is 12.9. The molecule has 0 saturated carbocycles. The summed E-state index contributed by atoms with van der Waals surface area (Å²) >= 11 is 6.10. The number of phenolic OH excluding ortho intramolecular Hbond substituents is 1. The molecule has 3 rings (SSSR count). The first-order chi connectivity index (χ1) is 11.1. The van der Waals surface area contributed by atoms with Crippen molar-refractivity contribution in [3.05, 3.63) is 59.1 Å². The van der Waals surface area contributed by atoms with E-state index < -0.39 is 5.97 Å². The van der Waals surface area contributed by atoms with Gasteiger partial charge in [-0.25, -0.2) is 4.79 Å². The molecule has 116 valence electrons. The summed E-state index contributed by atoms with van der Waals surface area (Å²) in [6.45, 7) is 0. The number of rotatable bonds is 3. The molecule has 1 aromatic heterocycles. The number of aromatic hydroxyl groups is 1. The molecule has 5 nitrogen and oxygen atoms in total. The summed E-state index contributed by atoms with van der Waals surface area (Å²) in [7, 11) is 1.33. The average Bonchev–Trinajstić information content (AvgIpc) is 3.04. The average molecular weight is 330 g/mol. The highest BCUT2D eigenvalue weighted by Crippen LogP contribution is 2.33. The Balaban J connectivity index is 1.97. The van der Waals surface area contributed by atoms with Crippen LogP contribution in [-0.4, -0.2) is 23.3 Å². The highest BCUT2D eigenvalue weighted by Gasteiger charge is 2.13. The Morgan fingerprint density at radius 2 is 2.04 bits per heavy atom. The standard InChI is InChI=1S/C17H12ClNO4/c1-22-17(21)11-4-2-3-10(7-11)15-9-16(23-19-15)13-6-5-12(20)8-14(13)18/h2-9,20H,1H3. The number of halogens is 1. The minimum absolute atomic E-state index is 0.0734. The molecule has 0 aliphatic rings.